The molecule has 234 valence electrons. The third kappa shape index (κ3) is 4.87. The number of allylic oxidation sites excluding steroid dienone is 4. The summed E-state index contributed by atoms with van der Waals surface area (Å²) in [5.74, 6) is 0. The summed E-state index contributed by atoms with van der Waals surface area (Å²) >= 11 is -2.09. The normalized spacial score (nSPS) is 25.5. The molecule has 2 aromatic carbocycles. The van der Waals surface area contributed by atoms with Gasteiger partial charge in [-0.25, -0.2) is 0 Å². The van der Waals surface area contributed by atoms with Gasteiger partial charge in [0.15, 0.2) is 0 Å². The second-order valence-corrected chi connectivity index (χ2v) is 26.0. The average molecular weight is 666 g/mol. The van der Waals surface area contributed by atoms with E-state index in [1.165, 1.54) is 56.9 Å². The maximum absolute atomic E-state index is 2.73. The fraction of sp³-hybridized carbons (Fsp3) is 0.605. The van der Waals surface area contributed by atoms with Crippen molar-refractivity contribution >= 4 is 3.21 Å². The summed E-state index contributed by atoms with van der Waals surface area (Å²) in [5.41, 5.74) is 15.6. The summed E-state index contributed by atoms with van der Waals surface area (Å²) in [6.45, 7) is 27.6. The number of fused-ring (bicyclic) bond motifs is 5. The molecular weight excluding hydrogens is 608 g/mol. The predicted molar refractivity (Wildman–Crippen MR) is 188 cm³/mol. The summed E-state index contributed by atoms with van der Waals surface area (Å²) in [6.07, 6.45) is 17.3. The van der Waals surface area contributed by atoms with Gasteiger partial charge in [-0.1, -0.05) is 0 Å². The van der Waals surface area contributed by atoms with Gasteiger partial charge < -0.3 is 0 Å². The molecule has 0 nitrogen and oxygen atoms in total. The van der Waals surface area contributed by atoms with Crippen molar-refractivity contribution in [3.05, 3.63) is 78.7 Å². The molecule has 1 fully saturated rings. The van der Waals surface area contributed by atoms with E-state index in [1.54, 1.807) is 44.5 Å². The van der Waals surface area contributed by atoms with Gasteiger partial charge in [0.25, 0.3) is 0 Å². The van der Waals surface area contributed by atoms with Gasteiger partial charge in [-0.3, -0.25) is 0 Å². The molecule has 0 bridgehead atoms. The van der Waals surface area contributed by atoms with E-state index >= 15 is 0 Å². The van der Waals surface area contributed by atoms with E-state index in [9.17, 15) is 0 Å². The zero-order valence-electron chi connectivity index (χ0n) is 29.9. The first kappa shape index (κ1) is 31.3. The van der Waals surface area contributed by atoms with Crippen LogP contribution in [0.4, 0.5) is 0 Å². The number of rotatable bonds is 2. The summed E-state index contributed by atoms with van der Waals surface area (Å²) in [5, 5.41) is 0. The van der Waals surface area contributed by atoms with Crippen molar-refractivity contribution in [2.45, 2.75) is 159 Å². The van der Waals surface area contributed by atoms with Crippen LogP contribution in [0.15, 0.2) is 45.3 Å². The number of hydrogen-bond acceptors (Lipinski definition) is 0. The minimum atomic E-state index is -2.09. The second-order valence-electron chi connectivity index (χ2n) is 18.9. The van der Waals surface area contributed by atoms with Crippen molar-refractivity contribution in [2.24, 2.45) is 5.41 Å². The molecule has 1 atom stereocenters. The van der Waals surface area contributed by atoms with E-state index in [4.69, 9.17) is 0 Å². The van der Waals surface area contributed by atoms with Crippen LogP contribution in [0.3, 0.4) is 0 Å². The molecule has 0 spiro atoms. The Morgan fingerprint density at radius 2 is 1.20 bits per heavy atom. The van der Waals surface area contributed by atoms with Crippen LogP contribution >= 0.6 is 0 Å². The third-order valence-electron chi connectivity index (χ3n) is 13.0. The van der Waals surface area contributed by atoms with Gasteiger partial charge in [0.2, 0.25) is 0 Å². The zero-order chi connectivity index (χ0) is 31.6. The van der Waals surface area contributed by atoms with Gasteiger partial charge in [0.1, 0.15) is 0 Å². The molecule has 7 rings (SSSR count). The van der Waals surface area contributed by atoms with Crippen LogP contribution in [0.2, 0.25) is 3.63 Å². The van der Waals surface area contributed by atoms with E-state index in [0.29, 0.717) is 0 Å². The van der Waals surface area contributed by atoms with Crippen molar-refractivity contribution in [2.75, 3.05) is 0 Å². The summed E-state index contributed by atoms with van der Waals surface area (Å²) in [4.78, 5) is 0. The van der Waals surface area contributed by atoms with E-state index in [-0.39, 0.29) is 27.1 Å². The van der Waals surface area contributed by atoms with Crippen molar-refractivity contribution in [1.29, 1.82) is 0 Å². The van der Waals surface area contributed by atoms with Crippen molar-refractivity contribution in [3.8, 4) is 11.1 Å². The first-order valence-electron chi connectivity index (χ1n) is 17.9. The Labute approximate surface area is 277 Å². The maximum atomic E-state index is 2.73. The molecule has 0 radical (unpaired) electrons. The molecule has 0 saturated heterocycles. The molecule has 0 amide bonds. The van der Waals surface area contributed by atoms with E-state index in [0.717, 1.165) is 10.0 Å². The molecule has 2 aromatic rings. The van der Waals surface area contributed by atoms with Crippen LogP contribution < -0.4 is 0 Å². The van der Waals surface area contributed by atoms with Crippen molar-refractivity contribution < 1.29 is 21.3 Å². The fourth-order valence-corrected chi connectivity index (χ4v) is 21.0. The quantitative estimate of drug-likeness (QED) is 0.255. The summed E-state index contributed by atoms with van der Waals surface area (Å²) in [7, 11) is 0. The zero-order valence-corrected chi connectivity index (χ0v) is 32.4. The Morgan fingerprint density at radius 3 is 1.75 bits per heavy atom. The topological polar surface area (TPSA) is 0 Å². The standard InChI is InChI=1S/C29H37.C9H13.C5H8.Zr/c1-26(2)9-11-28(5,6)24-16-20-18(14-22(24)26)13-19-15-23-25(17-21(19)20)29(7,8)12-10-27(23,3)4;1-9(2,3)8-6-4-5-7-8;1-2-4-5-3-1;/h9,14-17H,10-13H2,1-8H3;6-7H,4H2,1-3H3;1-4H2;. The Balaban J connectivity index is 1.35. The summed E-state index contributed by atoms with van der Waals surface area (Å²) < 4.78 is 4.80. The third-order valence-corrected chi connectivity index (χ3v) is 22.7. The van der Waals surface area contributed by atoms with Crippen molar-refractivity contribution in [1.82, 2.24) is 0 Å². The van der Waals surface area contributed by atoms with Gasteiger partial charge in [-0.2, -0.15) is 0 Å². The first-order valence-corrected chi connectivity index (χ1v) is 21.8. The molecule has 0 aliphatic heterocycles. The molecule has 1 saturated carbocycles. The Morgan fingerprint density at radius 1 is 0.682 bits per heavy atom. The van der Waals surface area contributed by atoms with Crippen LogP contribution in [0.1, 0.15) is 161 Å². The van der Waals surface area contributed by atoms with Crippen LogP contribution in [0.25, 0.3) is 11.1 Å². The molecule has 1 unspecified atom stereocenters. The van der Waals surface area contributed by atoms with Gasteiger partial charge >= 0.3 is 279 Å². The van der Waals surface area contributed by atoms with Gasteiger partial charge in [0.05, 0.1) is 0 Å². The Kier molecular flexibility index (Phi) is 7.17. The predicted octanol–water partition coefficient (Wildman–Crippen LogP) is 12.0. The van der Waals surface area contributed by atoms with E-state index < -0.39 is 21.3 Å². The molecule has 44 heavy (non-hydrogen) atoms. The van der Waals surface area contributed by atoms with Crippen LogP contribution in [-0.2, 0) is 49.3 Å². The van der Waals surface area contributed by atoms with Gasteiger partial charge in [-0.15, -0.1) is 0 Å². The van der Waals surface area contributed by atoms with E-state index in [1.807, 2.05) is 3.28 Å². The monoisotopic (exact) mass is 664 g/mol. The minimum absolute atomic E-state index is 0.202. The molecule has 0 heterocycles. The van der Waals surface area contributed by atoms with Crippen molar-refractivity contribution in [3.63, 3.8) is 0 Å². The molecule has 5 aliphatic carbocycles. The molecule has 5 aliphatic rings. The molecule has 1 heteroatoms. The molecule has 0 N–H and O–H groups in total. The van der Waals surface area contributed by atoms with Crippen LogP contribution in [0, 0.1) is 5.41 Å². The Hall–Kier alpha value is -1.33. The Bertz CT molecular complexity index is 1650. The number of benzene rings is 2. The average Bonchev–Trinajstić information content (AvgIpc) is 3.69. The summed E-state index contributed by atoms with van der Waals surface area (Å²) in [6, 6.07) is 10.7. The SMILES string of the molecule is CC(C)(C)C1=CC[C]([Zr](=[C]2CCCC2)[CH]2CC(C)(C)c3cc4c(cc3C2(C)C)Cc2cc3c(cc2-4)C(C)(C)CCC3(C)C)=C1. The fourth-order valence-electron chi connectivity index (χ4n) is 9.93. The van der Waals surface area contributed by atoms with Gasteiger partial charge in [0, 0.05) is 0 Å². The van der Waals surface area contributed by atoms with Crippen LogP contribution in [-0.4, -0.2) is 3.21 Å². The molecule has 0 aromatic heterocycles. The van der Waals surface area contributed by atoms with E-state index in [2.05, 4.69) is 116 Å². The number of hydrogen-bond donors (Lipinski definition) is 0. The van der Waals surface area contributed by atoms with Crippen LogP contribution in [0.5, 0.6) is 0 Å². The molecular formula is C43H58Zr. The first-order chi connectivity index (χ1) is 20.4. The second kappa shape index (κ2) is 10.1. The van der Waals surface area contributed by atoms with Gasteiger partial charge in [-0.05, 0) is 0 Å².